The summed E-state index contributed by atoms with van der Waals surface area (Å²) in [6.45, 7) is 7.57. The number of rotatable bonds is 3. The smallest absolute Gasteiger partial charge is 0.251 e. The van der Waals surface area contributed by atoms with E-state index in [4.69, 9.17) is 0 Å². The quantitative estimate of drug-likeness (QED) is 0.762. The zero-order chi connectivity index (χ0) is 13.0. The zero-order valence-electron chi connectivity index (χ0n) is 10.8. The first-order valence-corrected chi connectivity index (χ1v) is 6.23. The van der Waals surface area contributed by atoms with Crippen molar-refractivity contribution in [3.05, 3.63) is 0 Å². The first kappa shape index (κ1) is 14.0. The van der Waals surface area contributed by atoms with Crippen LogP contribution in [0.1, 0.15) is 27.2 Å². The Morgan fingerprint density at radius 2 is 1.47 bits per heavy atom. The molecule has 0 unspecified atom stereocenters. The number of aliphatic hydroxyl groups is 1. The lowest BCUT2D eigenvalue weighted by atomic mass is 10.1. The topological polar surface area (TPSA) is 60.9 Å². The second-order valence-electron chi connectivity index (χ2n) is 4.64. The largest absolute Gasteiger partial charge is 0.384 e. The molecule has 0 bridgehead atoms. The molecular weight excluding hydrogens is 220 g/mol. The van der Waals surface area contributed by atoms with E-state index < -0.39 is 6.10 Å². The molecule has 1 heterocycles. The lowest BCUT2D eigenvalue weighted by molar-refractivity contribution is -0.146. The van der Waals surface area contributed by atoms with Gasteiger partial charge in [-0.1, -0.05) is 13.8 Å². The minimum absolute atomic E-state index is 0.0500. The summed E-state index contributed by atoms with van der Waals surface area (Å²) in [5.74, 6) is -0.0358. The van der Waals surface area contributed by atoms with Crippen LogP contribution in [0.2, 0.25) is 0 Å². The molecule has 0 radical (unpaired) electrons. The van der Waals surface area contributed by atoms with Crippen LogP contribution in [0.25, 0.3) is 0 Å². The summed E-state index contributed by atoms with van der Waals surface area (Å²) in [6, 6.07) is 0. The van der Waals surface area contributed by atoms with Crippen molar-refractivity contribution >= 4 is 11.8 Å². The van der Waals surface area contributed by atoms with Crippen LogP contribution in [0.4, 0.5) is 0 Å². The third kappa shape index (κ3) is 3.43. The van der Waals surface area contributed by atoms with Gasteiger partial charge in [-0.25, -0.2) is 0 Å². The van der Waals surface area contributed by atoms with E-state index in [-0.39, 0.29) is 17.7 Å². The van der Waals surface area contributed by atoms with Gasteiger partial charge in [0.05, 0.1) is 0 Å². The van der Waals surface area contributed by atoms with Gasteiger partial charge in [-0.15, -0.1) is 0 Å². The summed E-state index contributed by atoms with van der Waals surface area (Å²) in [4.78, 5) is 26.9. The molecule has 0 saturated carbocycles. The van der Waals surface area contributed by atoms with Crippen molar-refractivity contribution in [1.82, 2.24) is 9.80 Å². The van der Waals surface area contributed by atoms with Crippen LogP contribution in [0.15, 0.2) is 0 Å². The highest BCUT2D eigenvalue weighted by Crippen LogP contribution is 2.10. The van der Waals surface area contributed by atoms with Crippen molar-refractivity contribution < 1.29 is 14.7 Å². The van der Waals surface area contributed by atoms with Gasteiger partial charge in [0.2, 0.25) is 5.91 Å². The summed E-state index contributed by atoms with van der Waals surface area (Å²) in [6.07, 6.45) is -0.113. The van der Waals surface area contributed by atoms with Crippen LogP contribution in [-0.4, -0.2) is 59.0 Å². The van der Waals surface area contributed by atoms with Crippen molar-refractivity contribution in [2.75, 3.05) is 26.2 Å². The van der Waals surface area contributed by atoms with Crippen LogP contribution in [0, 0.1) is 5.92 Å². The Bertz CT molecular complexity index is 283. The molecule has 1 saturated heterocycles. The lowest BCUT2D eigenvalue weighted by Gasteiger charge is -2.36. The van der Waals surface area contributed by atoms with Crippen molar-refractivity contribution in [3.63, 3.8) is 0 Å². The molecule has 2 atom stereocenters. The SMILES string of the molecule is CC[C@@H](C)C(=O)N1CCN(C(=O)[C@@H](C)O)CC1. The number of hydrogen-bond donors (Lipinski definition) is 1. The summed E-state index contributed by atoms with van der Waals surface area (Å²) >= 11 is 0. The molecular formula is C12H22N2O3. The van der Waals surface area contributed by atoms with Gasteiger partial charge in [0.25, 0.3) is 5.91 Å². The highest BCUT2D eigenvalue weighted by atomic mass is 16.3. The first-order valence-electron chi connectivity index (χ1n) is 6.23. The highest BCUT2D eigenvalue weighted by Gasteiger charge is 2.27. The van der Waals surface area contributed by atoms with E-state index in [9.17, 15) is 14.7 Å². The fraction of sp³-hybridized carbons (Fsp3) is 0.833. The maximum atomic E-state index is 11.9. The van der Waals surface area contributed by atoms with Gasteiger partial charge in [0.1, 0.15) is 6.10 Å². The molecule has 0 aromatic carbocycles. The predicted octanol–water partition coefficient (Wildman–Crippen LogP) is 0.0841. The van der Waals surface area contributed by atoms with Gasteiger partial charge in [-0.3, -0.25) is 9.59 Å². The Morgan fingerprint density at radius 1 is 1.06 bits per heavy atom. The second-order valence-corrected chi connectivity index (χ2v) is 4.64. The monoisotopic (exact) mass is 242 g/mol. The maximum Gasteiger partial charge on any atom is 0.251 e. The van der Waals surface area contributed by atoms with Crippen LogP contribution in [0.5, 0.6) is 0 Å². The average molecular weight is 242 g/mol. The molecule has 1 fully saturated rings. The van der Waals surface area contributed by atoms with E-state index in [2.05, 4.69) is 0 Å². The number of piperazine rings is 1. The van der Waals surface area contributed by atoms with Gasteiger partial charge in [-0.2, -0.15) is 0 Å². The molecule has 1 aliphatic heterocycles. The van der Waals surface area contributed by atoms with Crippen LogP contribution in [0.3, 0.4) is 0 Å². The Hall–Kier alpha value is -1.10. The van der Waals surface area contributed by atoms with Crippen LogP contribution < -0.4 is 0 Å². The van der Waals surface area contributed by atoms with E-state index in [1.54, 1.807) is 9.80 Å². The molecule has 0 aromatic heterocycles. The molecule has 5 heteroatoms. The minimum Gasteiger partial charge on any atom is -0.384 e. The van der Waals surface area contributed by atoms with Gasteiger partial charge in [0.15, 0.2) is 0 Å². The van der Waals surface area contributed by atoms with Crippen molar-refractivity contribution in [2.24, 2.45) is 5.92 Å². The molecule has 1 N–H and O–H groups in total. The Labute approximate surface area is 102 Å². The third-order valence-electron chi connectivity index (χ3n) is 3.29. The van der Waals surface area contributed by atoms with Crippen molar-refractivity contribution in [1.29, 1.82) is 0 Å². The fourth-order valence-corrected chi connectivity index (χ4v) is 1.90. The number of aliphatic hydroxyl groups excluding tert-OH is 1. The maximum absolute atomic E-state index is 11.9. The van der Waals surface area contributed by atoms with Gasteiger partial charge in [-0.05, 0) is 13.3 Å². The standard InChI is InChI=1S/C12H22N2O3/c1-4-9(2)11(16)13-5-7-14(8-6-13)12(17)10(3)15/h9-10,15H,4-8H2,1-3H3/t9-,10-/m1/s1. The average Bonchev–Trinajstić information content (AvgIpc) is 2.36. The predicted molar refractivity (Wildman–Crippen MR) is 64.3 cm³/mol. The Balaban J connectivity index is 2.46. The molecule has 1 rings (SSSR count). The number of amides is 2. The van der Waals surface area contributed by atoms with E-state index in [0.29, 0.717) is 26.2 Å². The normalized spacial score (nSPS) is 20.0. The molecule has 0 aliphatic carbocycles. The third-order valence-corrected chi connectivity index (χ3v) is 3.29. The molecule has 98 valence electrons. The van der Waals surface area contributed by atoms with Crippen molar-refractivity contribution in [3.8, 4) is 0 Å². The number of hydrogen-bond acceptors (Lipinski definition) is 3. The van der Waals surface area contributed by atoms with Gasteiger partial charge < -0.3 is 14.9 Å². The van der Waals surface area contributed by atoms with E-state index in [0.717, 1.165) is 6.42 Å². The van der Waals surface area contributed by atoms with Gasteiger partial charge in [0, 0.05) is 32.1 Å². The lowest BCUT2D eigenvalue weighted by Crippen LogP contribution is -2.53. The molecule has 17 heavy (non-hydrogen) atoms. The second kappa shape index (κ2) is 6.00. The number of nitrogens with zero attached hydrogens (tertiary/aromatic N) is 2. The Morgan fingerprint density at radius 3 is 1.82 bits per heavy atom. The summed E-state index contributed by atoms with van der Waals surface area (Å²) < 4.78 is 0. The molecule has 0 spiro atoms. The highest BCUT2D eigenvalue weighted by molar-refractivity contribution is 5.81. The van der Waals surface area contributed by atoms with Crippen LogP contribution in [-0.2, 0) is 9.59 Å². The molecule has 0 aromatic rings. The number of carbonyl (C=O) groups excluding carboxylic acids is 2. The fourth-order valence-electron chi connectivity index (χ4n) is 1.90. The van der Waals surface area contributed by atoms with Crippen molar-refractivity contribution in [2.45, 2.75) is 33.3 Å². The summed E-state index contributed by atoms with van der Waals surface area (Å²) in [5.41, 5.74) is 0. The molecule has 2 amide bonds. The first-order chi connectivity index (χ1) is 7.97. The summed E-state index contributed by atoms with van der Waals surface area (Å²) in [7, 11) is 0. The van der Waals surface area contributed by atoms with E-state index in [1.165, 1.54) is 6.92 Å². The molecule has 5 nitrogen and oxygen atoms in total. The van der Waals surface area contributed by atoms with E-state index >= 15 is 0 Å². The number of carbonyl (C=O) groups is 2. The molecule has 1 aliphatic rings. The van der Waals surface area contributed by atoms with Crippen LogP contribution >= 0.6 is 0 Å². The Kier molecular flexibility index (Phi) is 4.93. The van der Waals surface area contributed by atoms with E-state index in [1.807, 2.05) is 13.8 Å². The summed E-state index contributed by atoms with van der Waals surface area (Å²) in [5, 5.41) is 9.20. The minimum atomic E-state index is -0.952. The zero-order valence-corrected chi connectivity index (χ0v) is 10.8. The van der Waals surface area contributed by atoms with Gasteiger partial charge >= 0.3 is 0 Å².